The largest absolute Gasteiger partial charge is 0.508 e. The second-order valence-corrected chi connectivity index (χ2v) is 10.9. The zero-order valence-electron chi connectivity index (χ0n) is 22.7. The molecule has 3 aromatic rings. The molecule has 1 aliphatic rings. The number of carbonyl (C=O) groups excluding carboxylic acids is 3. The van der Waals surface area contributed by atoms with Crippen LogP contribution in [0.5, 0.6) is 5.75 Å². The van der Waals surface area contributed by atoms with Crippen LogP contribution in [0, 0.1) is 0 Å². The van der Waals surface area contributed by atoms with Crippen molar-refractivity contribution in [1.29, 1.82) is 0 Å². The third-order valence-electron chi connectivity index (χ3n) is 6.68. The van der Waals surface area contributed by atoms with Gasteiger partial charge in [0.2, 0.25) is 5.91 Å². The molecule has 1 aliphatic carbocycles. The Labute approximate surface area is 229 Å². The van der Waals surface area contributed by atoms with Crippen LogP contribution in [0.25, 0.3) is 0 Å². The van der Waals surface area contributed by atoms with Crippen molar-refractivity contribution in [2.75, 3.05) is 4.90 Å². The molecule has 39 heavy (non-hydrogen) atoms. The fourth-order valence-corrected chi connectivity index (χ4v) is 4.91. The Morgan fingerprint density at radius 1 is 0.897 bits per heavy atom. The molecule has 0 radical (unpaired) electrons. The maximum atomic E-state index is 14.0. The number of ketones is 1. The number of ether oxygens (including phenoxy) is 1. The van der Waals surface area contributed by atoms with Gasteiger partial charge in [-0.15, -0.1) is 0 Å². The van der Waals surface area contributed by atoms with Crippen LogP contribution in [0.4, 0.5) is 10.5 Å². The monoisotopic (exact) mass is 528 g/mol. The molecule has 7 heteroatoms. The van der Waals surface area contributed by atoms with Gasteiger partial charge in [-0.1, -0.05) is 73.9 Å². The molecule has 0 bridgehead atoms. The SMILES string of the molecule is CC(C)(C)OC(=O)N(c1ccccc1C(=O)c1ccccc1)C(C(=O)NC1CCCCC1)c1cccc(O)c1. The van der Waals surface area contributed by atoms with E-state index in [0.717, 1.165) is 32.1 Å². The van der Waals surface area contributed by atoms with Crippen LogP contribution in [0.15, 0.2) is 78.9 Å². The summed E-state index contributed by atoms with van der Waals surface area (Å²) in [6.45, 7) is 5.24. The van der Waals surface area contributed by atoms with E-state index in [4.69, 9.17) is 4.74 Å². The summed E-state index contributed by atoms with van der Waals surface area (Å²) in [6, 6.07) is 20.6. The zero-order chi connectivity index (χ0) is 28.0. The zero-order valence-corrected chi connectivity index (χ0v) is 22.7. The lowest BCUT2D eigenvalue weighted by Crippen LogP contribution is -2.49. The number of phenolic OH excluding ortho intramolecular Hbond substituents is 1. The van der Waals surface area contributed by atoms with Crippen molar-refractivity contribution >= 4 is 23.5 Å². The second-order valence-electron chi connectivity index (χ2n) is 10.9. The fraction of sp³-hybridized carbons (Fsp3) is 0.344. The first kappa shape index (κ1) is 27.9. The van der Waals surface area contributed by atoms with E-state index < -0.39 is 23.6 Å². The summed E-state index contributed by atoms with van der Waals surface area (Å²) in [7, 11) is 0. The van der Waals surface area contributed by atoms with Crippen molar-refractivity contribution in [2.24, 2.45) is 0 Å². The quantitative estimate of drug-likeness (QED) is 0.339. The molecule has 2 amide bonds. The van der Waals surface area contributed by atoms with Crippen molar-refractivity contribution in [3.63, 3.8) is 0 Å². The second kappa shape index (κ2) is 12.2. The first-order valence-corrected chi connectivity index (χ1v) is 13.4. The van der Waals surface area contributed by atoms with Crippen LogP contribution < -0.4 is 10.2 Å². The van der Waals surface area contributed by atoms with Crippen LogP contribution in [0.1, 0.15) is 80.4 Å². The molecule has 0 heterocycles. The Morgan fingerprint density at radius 3 is 2.23 bits per heavy atom. The minimum atomic E-state index is -1.20. The summed E-state index contributed by atoms with van der Waals surface area (Å²) >= 11 is 0. The molecule has 1 atom stereocenters. The Hall–Kier alpha value is -4.13. The smallest absolute Gasteiger partial charge is 0.415 e. The van der Waals surface area contributed by atoms with Gasteiger partial charge in [0.05, 0.1) is 5.69 Å². The van der Waals surface area contributed by atoms with Crippen molar-refractivity contribution in [3.8, 4) is 5.75 Å². The van der Waals surface area contributed by atoms with Gasteiger partial charge >= 0.3 is 6.09 Å². The lowest BCUT2D eigenvalue weighted by molar-refractivity contribution is -0.123. The van der Waals surface area contributed by atoms with Gasteiger partial charge in [-0.05, 0) is 63.4 Å². The van der Waals surface area contributed by atoms with E-state index in [9.17, 15) is 19.5 Å². The highest BCUT2D eigenvalue weighted by Crippen LogP contribution is 2.35. The summed E-state index contributed by atoms with van der Waals surface area (Å²) in [5.74, 6) is -0.733. The summed E-state index contributed by atoms with van der Waals surface area (Å²) in [6.07, 6.45) is 4.10. The number of aromatic hydroxyl groups is 1. The molecule has 0 aromatic heterocycles. The Bertz CT molecular complexity index is 1310. The minimum absolute atomic E-state index is 0.0206. The summed E-state index contributed by atoms with van der Waals surface area (Å²) < 4.78 is 5.80. The first-order chi connectivity index (χ1) is 18.6. The van der Waals surface area contributed by atoms with Crippen LogP contribution in [0.3, 0.4) is 0 Å². The summed E-state index contributed by atoms with van der Waals surface area (Å²) in [4.78, 5) is 42.9. The van der Waals surface area contributed by atoms with E-state index >= 15 is 0 Å². The van der Waals surface area contributed by atoms with Crippen molar-refractivity contribution in [1.82, 2.24) is 5.32 Å². The molecule has 7 nitrogen and oxygen atoms in total. The highest BCUT2D eigenvalue weighted by molar-refractivity contribution is 6.14. The minimum Gasteiger partial charge on any atom is -0.508 e. The van der Waals surface area contributed by atoms with Gasteiger partial charge in [0.25, 0.3) is 0 Å². The Kier molecular flexibility index (Phi) is 8.69. The predicted molar refractivity (Wildman–Crippen MR) is 151 cm³/mol. The number of phenols is 1. The van der Waals surface area contributed by atoms with Gasteiger partial charge in [-0.25, -0.2) is 4.79 Å². The van der Waals surface area contributed by atoms with Crippen LogP contribution in [0.2, 0.25) is 0 Å². The number of rotatable bonds is 7. The topological polar surface area (TPSA) is 95.9 Å². The van der Waals surface area contributed by atoms with Gasteiger partial charge < -0.3 is 15.2 Å². The van der Waals surface area contributed by atoms with E-state index in [-0.39, 0.29) is 28.8 Å². The highest BCUT2D eigenvalue weighted by Gasteiger charge is 2.38. The third-order valence-corrected chi connectivity index (χ3v) is 6.68. The third kappa shape index (κ3) is 7.05. The van der Waals surface area contributed by atoms with E-state index in [1.807, 2.05) is 6.07 Å². The molecule has 1 unspecified atom stereocenters. The number of anilines is 1. The molecule has 0 aliphatic heterocycles. The fourth-order valence-electron chi connectivity index (χ4n) is 4.91. The average molecular weight is 529 g/mol. The number of amides is 2. The van der Waals surface area contributed by atoms with Gasteiger partial charge in [-0.3, -0.25) is 14.5 Å². The molecular formula is C32H36N2O5. The van der Waals surface area contributed by atoms with Crippen LogP contribution in [-0.4, -0.2) is 34.5 Å². The van der Waals surface area contributed by atoms with Gasteiger partial charge in [0, 0.05) is 17.2 Å². The first-order valence-electron chi connectivity index (χ1n) is 13.4. The van der Waals surface area contributed by atoms with Crippen molar-refractivity contribution in [3.05, 3.63) is 95.6 Å². The molecule has 3 aromatic carbocycles. The van der Waals surface area contributed by atoms with Crippen molar-refractivity contribution in [2.45, 2.75) is 70.6 Å². The number of hydrogen-bond acceptors (Lipinski definition) is 5. The maximum Gasteiger partial charge on any atom is 0.415 e. The number of carbonyl (C=O) groups is 3. The summed E-state index contributed by atoms with van der Waals surface area (Å²) in [5.41, 5.74) is 0.487. The van der Waals surface area contributed by atoms with Gasteiger partial charge in [0.1, 0.15) is 17.4 Å². The van der Waals surface area contributed by atoms with E-state index in [1.54, 1.807) is 81.4 Å². The molecule has 0 saturated heterocycles. The molecule has 4 rings (SSSR count). The highest BCUT2D eigenvalue weighted by atomic mass is 16.6. The average Bonchev–Trinajstić information content (AvgIpc) is 2.91. The molecule has 1 saturated carbocycles. The number of hydrogen-bond donors (Lipinski definition) is 2. The number of benzene rings is 3. The van der Waals surface area contributed by atoms with E-state index in [2.05, 4.69) is 5.32 Å². The van der Waals surface area contributed by atoms with Crippen molar-refractivity contribution < 1.29 is 24.2 Å². The molecule has 1 fully saturated rings. The van der Waals surface area contributed by atoms with Gasteiger partial charge in [-0.2, -0.15) is 0 Å². The molecular weight excluding hydrogens is 492 g/mol. The Morgan fingerprint density at radius 2 is 1.56 bits per heavy atom. The Balaban J connectivity index is 1.87. The van der Waals surface area contributed by atoms with E-state index in [1.165, 1.54) is 17.0 Å². The van der Waals surface area contributed by atoms with Gasteiger partial charge in [0.15, 0.2) is 5.78 Å². The summed E-state index contributed by atoms with van der Waals surface area (Å²) in [5, 5.41) is 13.4. The standard InChI is InChI=1S/C32H36N2O5/c1-32(2,3)39-31(38)34(27-20-11-10-19-26(27)29(36)22-13-6-4-7-14-22)28(23-15-12-18-25(35)21-23)30(37)33-24-16-8-5-9-17-24/h4,6-7,10-15,18-21,24,28,35H,5,8-9,16-17H2,1-3H3,(H,33,37). The molecule has 2 N–H and O–H groups in total. The molecule has 204 valence electrons. The molecule has 0 spiro atoms. The number of para-hydroxylation sites is 1. The van der Waals surface area contributed by atoms with E-state index in [0.29, 0.717) is 11.1 Å². The van der Waals surface area contributed by atoms with Crippen LogP contribution >= 0.6 is 0 Å². The number of nitrogens with one attached hydrogen (secondary N) is 1. The van der Waals surface area contributed by atoms with Crippen LogP contribution in [-0.2, 0) is 9.53 Å². The lowest BCUT2D eigenvalue weighted by Gasteiger charge is -2.35. The number of nitrogens with zero attached hydrogens (tertiary/aromatic N) is 1. The normalized spacial score (nSPS) is 14.7. The maximum absolute atomic E-state index is 14.0. The predicted octanol–water partition coefficient (Wildman–Crippen LogP) is 6.55. The lowest BCUT2D eigenvalue weighted by atomic mass is 9.94.